The molecule has 0 saturated carbocycles. The molecule has 2 aromatic carbocycles. The van der Waals surface area contributed by atoms with E-state index in [1.54, 1.807) is 6.20 Å². The van der Waals surface area contributed by atoms with Crippen molar-refractivity contribution >= 4 is 26.9 Å². The normalized spacial score (nSPS) is 10.7. The monoisotopic (exact) mass is 303 g/mol. The second kappa shape index (κ2) is 4.82. The summed E-state index contributed by atoms with van der Waals surface area (Å²) in [6.45, 7) is 0.518. The Kier molecular flexibility index (Phi) is 3.02. The molecule has 3 aromatic rings. The molecule has 1 heterocycles. The van der Waals surface area contributed by atoms with Crippen molar-refractivity contribution in [2.45, 2.75) is 6.61 Å². The maximum Gasteiger partial charge on any atom is 0.170 e. The van der Waals surface area contributed by atoms with Gasteiger partial charge in [0.25, 0.3) is 0 Å². The number of ether oxygens (including phenoxy) is 1. The van der Waals surface area contributed by atoms with Crippen molar-refractivity contribution in [1.82, 2.24) is 5.16 Å². The minimum Gasteiger partial charge on any atom is -0.487 e. The van der Waals surface area contributed by atoms with Crippen molar-refractivity contribution in [3.63, 3.8) is 0 Å². The van der Waals surface area contributed by atoms with Crippen molar-refractivity contribution in [1.29, 1.82) is 0 Å². The highest BCUT2D eigenvalue weighted by Gasteiger charge is 2.10. The first-order valence-electron chi connectivity index (χ1n) is 5.54. The van der Waals surface area contributed by atoms with Gasteiger partial charge in [-0.25, -0.2) is 0 Å². The van der Waals surface area contributed by atoms with Crippen molar-refractivity contribution < 1.29 is 9.26 Å². The molecule has 0 spiro atoms. The van der Waals surface area contributed by atoms with E-state index in [-0.39, 0.29) is 0 Å². The Morgan fingerprint density at radius 1 is 1.11 bits per heavy atom. The Balaban J connectivity index is 1.90. The molecule has 0 atom stereocenters. The summed E-state index contributed by atoms with van der Waals surface area (Å²) in [5.41, 5.74) is 1.85. The van der Waals surface area contributed by atoms with Gasteiger partial charge in [0.2, 0.25) is 0 Å². The van der Waals surface area contributed by atoms with Crippen LogP contribution in [0.25, 0.3) is 11.0 Å². The van der Waals surface area contributed by atoms with E-state index in [0.717, 1.165) is 26.8 Å². The molecule has 0 N–H and O–H groups in total. The second-order valence-electron chi connectivity index (χ2n) is 3.89. The average Bonchev–Trinajstić information content (AvgIpc) is 2.87. The molecule has 0 aliphatic heterocycles. The molecule has 0 aliphatic carbocycles. The molecule has 0 amide bonds. The second-order valence-corrected chi connectivity index (χ2v) is 4.74. The number of halogens is 1. The summed E-state index contributed by atoms with van der Waals surface area (Å²) in [4.78, 5) is 0. The third-order valence-corrected chi connectivity index (χ3v) is 3.29. The third-order valence-electron chi connectivity index (χ3n) is 2.67. The van der Waals surface area contributed by atoms with Gasteiger partial charge in [0.15, 0.2) is 5.58 Å². The number of benzene rings is 2. The van der Waals surface area contributed by atoms with Crippen molar-refractivity contribution in [3.8, 4) is 5.75 Å². The highest BCUT2D eigenvalue weighted by atomic mass is 79.9. The Morgan fingerprint density at radius 3 is 2.78 bits per heavy atom. The highest BCUT2D eigenvalue weighted by molar-refractivity contribution is 9.10. The smallest absolute Gasteiger partial charge is 0.170 e. The SMILES string of the molecule is Brc1ccc2oncc2c1OCc1ccccc1. The molecule has 0 unspecified atom stereocenters. The fourth-order valence-corrected chi connectivity index (χ4v) is 2.23. The number of aromatic nitrogens is 1. The van der Waals surface area contributed by atoms with Crippen LogP contribution in [-0.4, -0.2) is 5.16 Å². The van der Waals surface area contributed by atoms with Crippen molar-refractivity contribution in [3.05, 3.63) is 58.7 Å². The lowest BCUT2D eigenvalue weighted by Crippen LogP contribution is -1.96. The minimum absolute atomic E-state index is 0.518. The fourth-order valence-electron chi connectivity index (χ4n) is 1.77. The Bertz CT molecular complexity index is 664. The summed E-state index contributed by atoms with van der Waals surface area (Å²) in [6, 6.07) is 13.8. The zero-order valence-electron chi connectivity index (χ0n) is 9.47. The van der Waals surface area contributed by atoms with Crippen LogP contribution in [0.4, 0.5) is 0 Å². The van der Waals surface area contributed by atoms with Gasteiger partial charge in [-0.3, -0.25) is 0 Å². The van der Waals surface area contributed by atoms with Crippen LogP contribution in [0.15, 0.2) is 57.7 Å². The minimum atomic E-state index is 0.518. The van der Waals surface area contributed by atoms with Gasteiger partial charge in [-0.1, -0.05) is 35.5 Å². The molecule has 4 heteroatoms. The summed E-state index contributed by atoms with van der Waals surface area (Å²) in [5, 5.41) is 4.66. The van der Waals surface area contributed by atoms with Crippen LogP contribution in [0, 0.1) is 0 Å². The molecule has 3 nitrogen and oxygen atoms in total. The van der Waals surface area contributed by atoms with E-state index in [9.17, 15) is 0 Å². The van der Waals surface area contributed by atoms with Gasteiger partial charge in [0, 0.05) is 0 Å². The van der Waals surface area contributed by atoms with Crippen LogP contribution in [0.3, 0.4) is 0 Å². The van der Waals surface area contributed by atoms with E-state index in [1.807, 2.05) is 42.5 Å². The van der Waals surface area contributed by atoms with E-state index in [4.69, 9.17) is 9.26 Å². The summed E-state index contributed by atoms with van der Waals surface area (Å²) in [5.74, 6) is 0.762. The molecule has 90 valence electrons. The highest BCUT2D eigenvalue weighted by Crippen LogP contribution is 2.34. The zero-order valence-corrected chi connectivity index (χ0v) is 11.1. The Labute approximate surface area is 112 Å². The number of fused-ring (bicyclic) bond motifs is 1. The largest absolute Gasteiger partial charge is 0.487 e. The molecular formula is C14H10BrNO2. The van der Waals surface area contributed by atoms with Gasteiger partial charge in [0.1, 0.15) is 12.4 Å². The van der Waals surface area contributed by atoms with Crippen LogP contribution < -0.4 is 4.74 Å². The molecule has 3 rings (SSSR count). The predicted molar refractivity (Wildman–Crippen MR) is 72.5 cm³/mol. The number of hydrogen-bond donors (Lipinski definition) is 0. The van der Waals surface area contributed by atoms with E-state index < -0.39 is 0 Å². The standard InChI is InChI=1S/C14H10BrNO2/c15-12-6-7-13-11(8-16-18-13)14(12)17-9-10-4-2-1-3-5-10/h1-8H,9H2. The lowest BCUT2D eigenvalue weighted by atomic mass is 10.2. The van der Waals surface area contributed by atoms with E-state index >= 15 is 0 Å². The van der Waals surface area contributed by atoms with Crippen molar-refractivity contribution in [2.24, 2.45) is 0 Å². The summed E-state index contributed by atoms with van der Waals surface area (Å²) in [7, 11) is 0. The number of nitrogens with zero attached hydrogens (tertiary/aromatic N) is 1. The first-order valence-corrected chi connectivity index (χ1v) is 6.33. The molecule has 0 fully saturated rings. The van der Waals surface area contributed by atoms with E-state index in [2.05, 4.69) is 21.1 Å². The Morgan fingerprint density at radius 2 is 1.94 bits per heavy atom. The predicted octanol–water partition coefficient (Wildman–Crippen LogP) is 4.17. The molecule has 0 radical (unpaired) electrons. The third kappa shape index (κ3) is 2.11. The van der Waals surface area contributed by atoms with Gasteiger partial charge >= 0.3 is 0 Å². The first kappa shape index (κ1) is 11.3. The molecular weight excluding hydrogens is 294 g/mol. The van der Waals surface area contributed by atoms with E-state index in [0.29, 0.717) is 6.61 Å². The van der Waals surface area contributed by atoms with Gasteiger partial charge in [-0.2, -0.15) is 0 Å². The molecule has 1 aromatic heterocycles. The van der Waals surface area contributed by atoms with Gasteiger partial charge in [-0.15, -0.1) is 0 Å². The molecule has 0 aliphatic rings. The van der Waals surface area contributed by atoms with Crippen LogP contribution in [-0.2, 0) is 6.61 Å². The van der Waals surface area contributed by atoms with Crippen LogP contribution in [0.5, 0.6) is 5.75 Å². The summed E-state index contributed by atoms with van der Waals surface area (Å²) < 4.78 is 11.9. The molecule has 18 heavy (non-hydrogen) atoms. The first-order chi connectivity index (χ1) is 8.84. The Hall–Kier alpha value is -1.81. The maximum atomic E-state index is 5.85. The lowest BCUT2D eigenvalue weighted by Gasteiger charge is -2.08. The number of hydrogen-bond acceptors (Lipinski definition) is 3. The van der Waals surface area contributed by atoms with Crippen LogP contribution >= 0.6 is 15.9 Å². The average molecular weight is 304 g/mol. The molecule has 0 bridgehead atoms. The van der Waals surface area contributed by atoms with Crippen LogP contribution in [0.2, 0.25) is 0 Å². The van der Waals surface area contributed by atoms with Gasteiger partial charge < -0.3 is 9.26 Å². The topological polar surface area (TPSA) is 35.3 Å². The van der Waals surface area contributed by atoms with Gasteiger partial charge in [-0.05, 0) is 33.6 Å². The molecule has 0 saturated heterocycles. The number of rotatable bonds is 3. The zero-order chi connectivity index (χ0) is 12.4. The summed E-state index contributed by atoms with van der Waals surface area (Å²) >= 11 is 3.48. The van der Waals surface area contributed by atoms with Crippen molar-refractivity contribution in [2.75, 3.05) is 0 Å². The fraction of sp³-hybridized carbons (Fsp3) is 0.0714. The lowest BCUT2D eigenvalue weighted by molar-refractivity contribution is 0.308. The summed E-state index contributed by atoms with van der Waals surface area (Å²) in [6.07, 6.45) is 1.67. The van der Waals surface area contributed by atoms with E-state index in [1.165, 1.54) is 0 Å². The maximum absolute atomic E-state index is 5.85. The quantitative estimate of drug-likeness (QED) is 0.728. The van der Waals surface area contributed by atoms with Gasteiger partial charge in [0.05, 0.1) is 16.1 Å². The van der Waals surface area contributed by atoms with Crippen LogP contribution in [0.1, 0.15) is 5.56 Å².